The normalized spacial score (nSPS) is 12.9. The minimum Gasteiger partial charge on any atom is -0.315 e. The van der Waals surface area contributed by atoms with Crippen LogP contribution in [-0.4, -0.2) is 0 Å². The summed E-state index contributed by atoms with van der Waals surface area (Å²) in [5.74, 6) is 0. The van der Waals surface area contributed by atoms with Crippen LogP contribution in [0.15, 0.2) is 120 Å². The predicted octanol–water partition coefficient (Wildman–Crippen LogP) is 9.05. The smallest absolute Gasteiger partial charge is 0.0601 e. The molecule has 6 aromatic rings. The minimum absolute atomic E-state index is 1.19. The standard InChI is InChI=1S/C30H19NS/c1-2-31-27-15-23-11-19-7-3-5-9-21(19)13-25(23)17-29(27)32-30-18-26-14-22-10-6-4-8-20(22)12-24(26)16-28(30)31/h2-18H,1H2. The Bertz CT molecular complexity index is 1610. The zero-order valence-corrected chi connectivity index (χ0v) is 18.2. The Kier molecular flexibility index (Phi) is 3.70. The SMILES string of the molecule is C=CN1c2cc3cc4ccccc4cc3cc2Sc2cc3cc4ccccc4cc3cc21. The summed E-state index contributed by atoms with van der Waals surface area (Å²) in [6.07, 6.45) is 1.94. The first-order valence-electron chi connectivity index (χ1n) is 10.8. The van der Waals surface area contributed by atoms with Gasteiger partial charge in [0, 0.05) is 16.0 Å². The highest BCUT2D eigenvalue weighted by Crippen LogP contribution is 2.51. The highest BCUT2D eigenvalue weighted by atomic mass is 32.2. The van der Waals surface area contributed by atoms with E-state index in [9.17, 15) is 0 Å². The minimum atomic E-state index is 1.19. The molecule has 150 valence electrons. The molecule has 1 heterocycles. The molecule has 0 amide bonds. The van der Waals surface area contributed by atoms with E-state index in [4.69, 9.17) is 0 Å². The highest BCUT2D eigenvalue weighted by Gasteiger charge is 2.23. The molecule has 0 aliphatic carbocycles. The molecule has 0 bridgehead atoms. The Labute approximate surface area is 190 Å². The van der Waals surface area contributed by atoms with Crippen molar-refractivity contribution in [1.82, 2.24) is 0 Å². The first kappa shape index (κ1) is 17.9. The first-order chi connectivity index (χ1) is 15.8. The second kappa shape index (κ2) is 6.62. The topological polar surface area (TPSA) is 3.24 Å². The fourth-order valence-electron chi connectivity index (χ4n) is 4.90. The van der Waals surface area contributed by atoms with Gasteiger partial charge in [-0.05, 0) is 91.6 Å². The maximum absolute atomic E-state index is 4.16. The van der Waals surface area contributed by atoms with Crippen LogP contribution >= 0.6 is 11.8 Å². The molecule has 0 saturated carbocycles. The van der Waals surface area contributed by atoms with Gasteiger partial charge in [-0.15, -0.1) is 0 Å². The van der Waals surface area contributed by atoms with Gasteiger partial charge in [0.2, 0.25) is 0 Å². The van der Waals surface area contributed by atoms with E-state index in [2.05, 4.69) is 109 Å². The van der Waals surface area contributed by atoms with Crippen molar-refractivity contribution >= 4 is 66.2 Å². The number of fused-ring (bicyclic) bond motifs is 6. The van der Waals surface area contributed by atoms with E-state index in [-0.39, 0.29) is 0 Å². The number of hydrogen-bond donors (Lipinski definition) is 0. The Hall–Kier alpha value is -3.75. The summed E-state index contributed by atoms with van der Waals surface area (Å²) >= 11 is 1.85. The van der Waals surface area contributed by atoms with Crippen molar-refractivity contribution < 1.29 is 0 Å². The van der Waals surface area contributed by atoms with Crippen LogP contribution in [0.4, 0.5) is 11.4 Å². The molecule has 0 radical (unpaired) electrons. The summed E-state index contributed by atoms with van der Waals surface area (Å²) in [5, 5.41) is 10.1. The maximum atomic E-state index is 4.16. The third-order valence-electron chi connectivity index (χ3n) is 6.49. The van der Waals surface area contributed by atoms with Crippen LogP contribution in [0.2, 0.25) is 0 Å². The van der Waals surface area contributed by atoms with Crippen LogP contribution in [0.25, 0.3) is 43.1 Å². The van der Waals surface area contributed by atoms with Gasteiger partial charge < -0.3 is 4.90 Å². The molecular weight excluding hydrogens is 406 g/mol. The van der Waals surface area contributed by atoms with Gasteiger partial charge in [-0.1, -0.05) is 66.9 Å². The molecule has 0 N–H and O–H groups in total. The molecule has 0 atom stereocenters. The molecule has 0 aromatic heterocycles. The lowest BCUT2D eigenvalue weighted by Gasteiger charge is -2.31. The molecular formula is C30H19NS. The van der Waals surface area contributed by atoms with Gasteiger partial charge in [0.15, 0.2) is 0 Å². The van der Waals surface area contributed by atoms with E-state index in [1.807, 2.05) is 18.0 Å². The zero-order chi connectivity index (χ0) is 21.2. The number of rotatable bonds is 1. The van der Waals surface area contributed by atoms with Crippen molar-refractivity contribution in [1.29, 1.82) is 0 Å². The van der Waals surface area contributed by atoms with Crippen LogP contribution in [-0.2, 0) is 0 Å². The number of nitrogens with zero attached hydrogens (tertiary/aromatic N) is 1. The van der Waals surface area contributed by atoms with E-state index >= 15 is 0 Å². The van der Waals surface area contributed by atoms with E-state index < -0.39 is 0 Å². The molecule has 32 heavy (non-hydrogen) atoms. The summed E-state index contributed by atoms with van der Waals surface area (Å²) in [6, 6.07) is 35.6. The van der Waals surface area contributed by atoms with Crippen LogP contribution in [0.3, 0.4) is 0 Å². The third-order valence-corrected chi connectivity index (χ3v) is 7.58. The van der Waals surface area contributed by atoms with Crippen molar-refractivity contribution in [3.8, 4) is 0 Å². The first-order valence-corrected chi connectivity index (χ1v) is 11.6. The van der Waals surface area contributed by atoms with E-state index in [1.54, 1.807) is 0 Å². The molecule has 0 saturated heterocycles. The van der Waals surface area contributed by atoms with Crippen LogP contribution < -0.4 is 4.90 Å². The zero-order valence-electron chi connectivity index (χ0n) is 17.4. The highest BCUT2D eigenvalue weighted by molar-refractivity contribution is 7.99. The molecule has 1 nitrogen and oxygen atoms in total. The maximum Gasteiger partial charge on any atom is 0.0601 e. The molecule has 1 aliphatic heterocycles. The Morgan fingerprint density at radius 2 is 0.875 bits per heavy atom. The average Bonchev–Trinajstić information content (AvgIpc) is 2.82. The quantitative estimate of drug-likeness (QED) is 0.242. The van der Waals surface area contributed by atoms with Gasteiger partial charge in [-0.25, -0.2) is 0 Å². The van der Waals surface area contributed by atoms with Gasteiger partial charge >= 0.3 is 0 Å². The molecule has 7 rings (SSSR count). The lowest BCUT2D eigenvalue weighted by Crippen LogP contribution is -2.13. The second-order valence-corrected chi connectivity index (χ2v) is 9.47. The van der Waals surface area contributed by atoms with Gasteiger partial charge in [-0.3, -0.25) is 0 Å². The summed E-state index contributed by atoms with van der Waals surface area (Å²) in [5.41, 5.74) is 2.39. The van der Waals surface area contributed by atoms with Crippen molar-refractivity contribution in [2.75, 3.05) is 4.90 Å². The van der Waals surface area contributed by atoms with Crippen molar-refractivity contribution in [3.05, 3.63) is 110 Å². The van der Waals surface area contributed by atoms with Gasteiger partial charge in [-0.2, -0.15) is 0 Å². The van der Waals surface area contributed by atoms with E-state index in [1.165, 1.54) is 64.3 Å². The largest absolute Gasteiger partial charge is 0.315 e. The molecule has 0 spiro atoms. The van der Waals surface area contributed by atoms with Gasteiger partial charge in [0.05, 0.1) is 11.4 Å². The second-order valence-electron chi connectivity index (χ2n) is 8.39. The summed E-state index contributed by atoms with van der Waals surface area (Å²) in [7, 11) is 0. The van der Waals surface area contributed by atoms with Crippen molar-refractivity contribution in [2.24, 2.45) is 0 Å². The lowest BCUT2D eigenvalue weighted by atomic mass is 10.0. The molecule has 1 aliphatic rings. The van der Waals surface area contributed by atoms with Crippen molar-refractivity contribution in [3.63, 3.8) is 0 Å². The van der Waals surface area contributed by atoms with Crippen LogP contribution in [0.1, 0.15) is 0 Å². The van der Waals surface area contributed by atoms with Crippen LogP contribution in [0.5, 0.6) is 0 Å². The predicted molar refractivity (Wildman–Crippen MR) is 139 cm³/mol. The monoisotopic (exact) mass is 425 g/mol. The third kappa shape index (κ3) is 2.60. The Balaban J connectivity index is 1.47. The average molecular weight is 426 g/mol. The fourth-order valence-corrected chi connectivity index (χ4v) is 6.04. The van der Waals surface area contributed by atoms with Crippen LogP contribution in [0, 0.1) is 0 Å². The number of hydrogen-bond acceptors (Lipinski definition) is 2. The number of anilines is 2. The van der Waals surface area contributed by atoms with Crippen molar-refractivity contribution in [2.45, 2.75) is 9.79 Å². The number of benzene rings is 6. The van der Waals surface area contributed by atoms with E-state index in [0.29, 0.717) is 0 Å². The fraction of sp³-hybridized carbons (Fsp3) is 0. The molecule has 0 unspecified atom stereocenters. The van der Waals surface area contributed by atoms with Gasteiger partial charge in [0.25, 0.3) is 0 Å². The Morgan fingerprint density at radius 1 is 0.500 bits per heavy atom. The summed E-state index contributed by atoms with van der Waals surface area (Å²) in [6.45, 7) is 4.16. The Morgan fingerprint density at radius 3 is 1.25 bits per heavy atom. The molecule has 6 aromatic carbocycles. The van der Waals surface area contributed by atoms with Gasteiger partial charge in [0.1, 0.15) is 0 Å². The lowest BCUT2D eigenvalue weighted by molar-refractivity contribution is 1.18. The summed E-state index contributed by atoms with van der Waals surface area (Å²) < 4.78 is 0. The van der Waals surface area contributed by atoms with E-state index in [0.717, 1.165) is 0 Å². The summed E-state index contributed by atoms with van der Waals surface area (Å²) in [4.78, 5) is 4.77. The molecule has 0 fully saturated rings. The molecule has 2 heteroatoms.